The van der Waals surface area contributed by atoms with E-state index in [0.29, 0.717) is 37.7 Å². The van der Waals surface area contributed by atoms with Gasteiger partial charge in [0.15, 0.2) is 5.69 Å². The zero-order valence-electron chi connectivity index (χ0n) is 11.5. The second kappa shape index (κ2) is 5.94. The SMILES string of the molecule is Nc1ccccc1-n1ccc(C(=O)NN2CCOCC2)n1. The molecule has 0 saturated carbocycles. The molecule has 110 valence electrons. The van der Waals surface area contributed by atoms with Gasteiger partial charge in [-0.1, -0.05) is 12.1 Å². The zero-order valence-corrected chi connectivity index (χ0v) is 11.5. The van der Waals surface area contributed by atoms with Gasteiger partial charge in [-0.2, -0.15) is 5.10 Å². The van der Waals surface area contributed by atoms with Crippen molar-refractivity contribution >= 4 is 11.6 Å². The van der Waals surface area contributed by atoms with Crippen LogP contribution in [-0.4, -0.2) is 47.0 Å². The summed E-state index contributed by atoms with van der Waals surface area (Å²) in [4.78, 5) is 12.1. The lowest BCUT2D eigenvalue weighted by atomic mass is 10.3. The second-order valence-electron chi connectivity index (χ2n) is 4.74. The van der Waals surface area contributed by atoms with Crippen molar-refractivity contribution in [1.29, 1.82) is 0 Å². The molecule has 21 heavy (non-hydrogen) atoms. The molecule has 0 atom stereocenters. The van der Waals surface area contributed by atoms with E-state index in [1.165, 1.54) is 0 Å². The Morgan fingerprint density at radius 2 is 2.00 bits per heavy atom. The quantitative estimate of drug-likeness (QED) is 0.800. The minimum atomic E-state index is -0.231. The fourth-order valence-electron chi connectivity index (χ4n) is 2.15. The average Bonchev–Trinajstić information content (AvgIpc) is 2.98. The third-order valence-corrected chi connectivity index (χ3v) is 3.28. The van der Waals surface area contributed by atoms with Crippen LogP contribution in [0.15, 0.2) is 36.5 Å². The van der Waals surface area contributed by atoms with E-state index in [1.807, 2.05) is 23.2 Å². The van der Waals surface area contributed by atoms with E-state index in [9.17, 15) is 4.79 Å². The summed E-state index contributed by atoms with van der Waals surface area (Å²) < 4.78 is 6.84. The number of ether oxygens (including phenoxy) is 1. The number of amides is 1. The van der Waals surface area contributed by atoms with Gasteiger partial charge in [-0.3, -0.25) is 10.2 Å². The van der Waals surface area contributed by atoms with Gasteiger partial charge in [-0.05, 0) is 18.2 Å². The minimum absolute atomic E-state index is 0.231. The molecule has 1 fully saturated rings. The summed E-state index contributed by atoms with van der Waals surface area (Å²) in [6.45, 7) is 2.60. The highest BCUT2D eigenvalue weighted by Crippen LogP contribution is 2.15. The molecule has 2 aromatic rings. The van der Waals surface area contributed by atoms with Crippen LogP contribution in [0.25, 0.3) is 5.69 Å². The Morgan fingerprint density at radius 3 is 2.76 bits per heavy atom. The summed E-state index contributed by atoms with van der Waals surface area (Å²) in [5.41, 5.74) is 10.4. The van der Waals surface area contributed by atoms with Gasteiger partial charge in [0.05, 0.1) is 24.6 Å². The standard InChI is InChI=1S/C14H17N5O2/c15-11-3-1-2-4-13(11)19-6-5-12(16-19)14(20)17-18-7-9-21-10-8-18/h1-6H,7-10,15H2,(H,17,20). The van der Waals surface area contributed by atoms with Gasteiger partial charge in [0.25, 0.3) is 5.91 Å². The fraction of sp³-hybridized carbons (Fsp3) is 0.286. The summed E-state index contributed by atoms with van der Waals surface area (Å²) in [5, 5.41) is 6.11. The highest BCUT2D eigenvalue weighted by molar-refractivity contribution is 5.91. The average molecular weight is 287 g/mol. The molecule has 0 spiro atoms. The van der Waals surface area contributed by atoms with E-state index < -0.39 is 0 Å². The molecule has 0 radical (unpaired) electrons. The first-order chi connectivity index (χ1) is 10.2. The highest BCUT2D eigenvalue weighted by atomic mass is 16.5. The highest BCUT2D eigenvalue weighted by Gasteiger charge is 2.16. The van der Waals surface area contributed by atoms with Crippen LogP contribution in [0.4, 0.5) is 5.69 Å². The lowest BCUT2D eigenvalue weighted by molar-refractivity contribution is 0.0124. The largest absolute Gasteiger partial charge is 0.397 e. The van der Waals surface area contributed by atoms with Crippen LogP contribution < -0.4 is 11.2 Å². The first kappa shape index (κ1) is 13.6. The Balaban J connectivity index is 1.72. The van der Waals surface area contributed by atoms with Gasteiger partial charge in [-0.25, -0.2) is 9.69 Å². The van der Waals surface area contributed by atoms with Crippen molar-refractivity contribution < 1.29 is 9.53 Å². The van der Waals surface area contributed by atoms with Gasteiger partial charge >= 0.3 is 0 Å². The minimum Gasteiger partial charge on any atom is -0.397 e. The van der Waals surface area contributed by atoms with Gasteiger partial charge in [0.2, 0.25) is 0 Å². The molecule has 1 aromatic carbocycles. The Labute approximate surface area is 122 Å². The van der Waals surface area contributed by atoms with Crippen LogP contribution in [0, 0.1) is 0 Å². The lowest BCUT2D eigenvalue weighted by Crippen LogP contribution is -2.48. The molecule has 7 nitrogen and oxygen atoms in total. The Hall–Kier alpha value is -2.38. The first-order valence-electron chi connectivity index (χ1n) is 6.78. The molecule has 0 aliphatic carbocycles. The molecule has 3 rings (SSSR count). The first-order valence-corrected chi connectivity index (χ1v) is 6.78. The maximum absolute atomic E-state index is 12.1. The van der Waals surface area contributed by atoms with Crippen LogP contribution in [0.5, 0.6) is 0 Å². The molecule has 0 unspecified atom stereocenters. The number of carbonyl (C=O) groups is 1. The zero-order chi connectivity index (χ0) is 14.7. The third-order valence-electron chi connectivity index (χ3n) is 3.28. The summed E-state index contributed by atoms with van der Waals surface area (Å²) in [7, 11) is 0. The van der Waals surface area contributed by atoms with Gasteiger partial charge in [-0.15, -0.1) is 0 Å². The van der Waals surface area contributed by atoms with Crippen molar-refractivity contribution in [2.45, 2.75) is 0 Å². The van der Waals surface area contributed by atoms with Crippen LogP contribution in [0.2, 0.25) is 0 Å². The van der Waals surface area contributed by atoms with Crippen molar-refractivity contribution in [3.8, 4) is 5.69 Å². The molecule has 2 heterocycles. The van der Waals surface area contributed by atoms with Crippen molar-refractivity contribution in [1.82, 2.24) is 20.2 Å². The number of morpholine rings is 1. The van der Waals surface area contributed by atoms with E-state index >= 15 is 0 Å². The normalized spacial score (nSPS) is 15.8. The number of nitrogens with two attached hydrogens (primary N) is 1. The summed E-state index contributed by atoms with van der Waals surface area (Å²) >= 11 is 0. The number of hydrogen-bond acceptors (Lipinski definition) is 5. The number of benzene rings is 1. The molecule has 7 heteroatoms. The van der Waals surface area contributed by atoms with Crippen molar-refractivity contribution in [2.75, 3.05) is 32.0 Å². The number of hydrogen-bond donors (Lipinski definition) is 2. The summed E-state index contributed by atoms with van der Waals surface area (Å²) in [6.07, 6.45) is 1.72. The lowest BCUT2D eigenvalue weighted by Gasteiger charge is -2.26. The summed E-state index contributed by atoms with van der Waals surface area (Å²) in [6, 6.07) is 9.05. The van der Waals surface area contributed by atoms with E-state index in [-0.39, 0.29) is 5.91 Å². The Morgan fingerprint density at radius 1 is 1.24 bits per heavy atom. The third kappa shape index (κ3) is 3.04. The smallest absolute Gasteiger partial charge is 0.286 e. The monoisotopic (exact) mass is 287 g/mol. The van der Waals surface area contributed by atoms with Crippen molar-refractivity contribution in [2.24, 2.45) is 0 Å². The second-order valence-corrected chi connectivity index (χ2v) is 4.74. The molecule has 1 aliphatic rings. The van der Waals surface area contributed by atoms with Crippen LogP contribution in [0.1, 0.15) is 10.5 Å². The maximum atomic E-state index is 12.1. The summed E-state index contributed by atoms with van der Waals surface area (Å²) in [5.74, 6) is -0.231. The molecular weight excluding hydrogens is 270 g/mol. The number of nitrogen functional groups attached to an aromatic ring is 1. The number of hydrazine groups is 1. The number of anilines is 1. The van der Waals surface area contributed by atoms with Crippen LogP contribution in [-0.2, 0) is 4.74 Å². The number of carbonyl (C=O) groups excluding carboxylic acids is 1. The number of para-hydroxylation sites is 2. The number of rotatable bonds is 3. The van der Waals surface area contributed by atoms with E-state index in [4.69, 9.17) is 10.5 Å². The maximum Gasteiger partial charge on any atom is 0.286 e. The van der Waals surface area contributed by atoms with E-state index in [0.717, 1.165) is 5.69 Å². The number of nitrogens with one attached hydrogen (secondary N) is 1. The molecule has 1 aromatic heterocycles. The predicted molar refractivity (Wildman–Crippen MR) is 77.8 cm³/mol. The van der Waals surface area contributed by atoms with Gasteiger partial charge < -0.3 is 10.5 Å². The Kier molecular flexibility index (Phi) is 3.85. The molecule has 0 bridgehead atoms. The van der Waals surface area contributed by atoms with E-state index in [2.05, 4.69) is 10.5 Å². The number of aromatic nitrogens is 2. The molecule has 1 amide bonds. The molecule has 1 saturated heterocycles. The van der Waals surface area contributed by atoms with Crippen molar-refractivity contribution in [3.05, 3.63) is 42.2 Å². The fourth-order valence-corrected chi connectivity index (χ4v) is 2.15. The van der Waals surface area contributed by atoms with Crippen molar-refractivity contribution in [3.63, 3.8) is 0 Å². The topological polar surface area (TPSA) is 85.4 Å². The predicted octanol–water partition coefficient (Wildman–Crippen LogP) is 0.431. The van der Waals surface area contributed by atoms with Gasteiger partial charge in [0.1, 0.15) is 0 Å². The number of nitrogens with zero attached hydrogens (tertiary/aromatic N) is 3. The van der Waals surface area contributed by atoms with Gasteiger partial charge in [0, 0.05) is 19.3 Å². The molecule has 3 N–H and O–H groups in total. The molecular formula is C14H17N5O2. The van der Waals surface area contributed by atoms with Crippen LogP contribution in [0.3, 0.4) is 0 Å². The Bertz CT molecular complexity index is 634. The molecule has 1 aliphatic heterocycles. The van der Waals surface area contributed by atoms with Crippen LogP contribution >= 0.6 is 0 Å². The van der Waals surface area contributed by atoms with E-state index in [1.54, 1.807) is 23.0 Å².